The van der Waals surface area contributed by atoms with Crippen LogP contribution in [-0.4, -0.2) is 5.78 Å². The molecule has 0 aromatic heterocycles. The zero-order valence-corrected chi connectivity index (χ0v) is 13.2. The standard InChI is InChI=1S/C20H20N2O/c1-13-11-17-19(18(23)12-13)20(14-7-3-2-4-8-14)22-16-10-6-5-9-15(16)21-17/h2-10,13,20-22H,11-12H2,1H3/t13-,20-/m1/s1. The molecule has 0 fully saturated rings. The van der Waals surface area contributed by atoms with Crippen LogP contribution in [0.3, 0.4) is 0 Å². The molecule has 2 atom stereocenters. The van der Waals surface area contributed by atoms with Gasteiger partial charge < -0.3 is 10.6 Å². The van der Waals surface area contributed by atoms with Crippen molar-refractivity contribution in [3.63, 3.8) is 0 Å². The number of allylic oxidation sites excluding steroid dienone is 1. The van der Waals surface area contributed by atoms with Crippen molar-refractivity contribution >= 4 is 17.2 Å². The van der Waals surface area contributed by atoms with E-state index < -0.39 is 0 Å². The first kappa shape index (κ1) is 14.1. The van der Waals surface area contributed by atoms with Gasteiger partial charge in [-0.1, -0.05) is 49.4 Å². The van der Waals surface area contributed by atoms with Crippen LogP contribution in [-0.2, 0) is 4.79 Å². The average molecular weight is 304 g/mol. The summed E-state index contributed by atoms with van der Waals surface area (Å²) in [6.45, 7) is 2.14. The number of para-hydroxylation sites is 2. The Morgan fingerprint density at radius 2 is 1.61 bits per heavy atom. The highest BCUT2D eigenvalue weighted by atomic mass is 16.1. The van der Waals surface area contributed by atoms with E-state index in [1.54, 1.807) is 0 Å². The second-order valence-corrected chi connectivity index (χ2v) is 6.49. The molecule has 2 aromatic rings. The van der Waals surface area contributed by atoms with Crippen molar-refractivity contribution in [1.29, 1.82) is 0 Å². The van der Waals surface area contributed by atoms with Crippen molar-refractivity contribution in [3.8, 4) is 0 Å². The second kappa shape index (κ2) is 5.58. The topological polar surface area (TPSA) is 41.1 Å². The van der Waals surface area contributed by atoms with Gasteiger partial charge in [-0.05, 0) is 30.0 Å². The molecule has 0 bridgehead atoms. The molecule has 0 radical (unpaired) electrons. The number of nitrogens with one attached hydrogen (secondary N) is 2. The van der Waals surface area contributed by atoms with Gasteiger partial charge >= 0.3 is 0 Å². The van der Waals surface area contributed by atoms with Gasteiger partial charge in [-0.3, -0.25) is 4.79 Å². The maximum Gasteiger partial charge on any atom is 0.163 e. The molecule has 0 unspecified atom stereocenters. The molecule has 1 aliphatic carbocycles. The van der Waals surface area contributed by atoms with E-state index in [-0.39, 0.29) is 11.8 Å². The average Bonchev–Trinajstić information content (AvgIpc) is 2.72. The van der Waals surface area contributed by atoms with Crippen molar-refractivity contribution < 1.29 is 4.79 Å². The van der Waals surface area contributed by atoms with Gasteiger partial charge in [-0.2, -0.15) is 0 Å². The fourth-order valence-corrected chi connectivity index (χ4v) is 3.58. The Bertz CT molecular complexity index is 779. The van der Waals surface area contributed by atoms with Crippen LogP contribution in [0.5, 0.6) is 0 Å². The zero-order valence-electron chi connectivity index (χ0n) is 13.2. The van der Waals surface area contributed by atoms with Crippen molar-refractivity contribution in [1.82, 2.24) is 0 Å². The van der Waals surface area contributed by atoms with E-state index >= 15 is 0 Å². The first-order valence-corrected chi connectivity index (χ1v) is 8.16. The molecular weight excluding hydrogens is 284 g/mol. The lowest BCUT2D eigenvalue weighted by Gasteiger charge is -2.28. The summed E-state index contributed by atoms with van der Waals surface area (Å²) in [5.74, 6) is 0.635. The van der Waals surface area contributed by atoms with Gasteiger partial charge in [-0.25, -0.2) is 0 Å². The predicted octanol–water partition coefficient (Wildman–Crippen LogP) is 4.52. The summed E-state index contributed by atoms with van der Waals surface area (Å²) in [6.07, 6.45) is 1.54. The molecule has 0 spiro atoms. The molecule has 2 aromatic carbocycles. The Hall–Kier alpha value is -2.55. The minimum atomic E-state index is -0.0950. The van der Waals surface area contributed by atoms with E-state index in [2.05, 4.69) is 41.8 Å². The number of benzene rings is 2. The zero-order chi connectivity index (χ0) is 15.8. The first-order chi connectivity index (χ1) is 11.2. The fraction of sp³-hybridized carbons (Fsp3) is 0.250. The predicted molar refractivity (Wildman–Crippen MR) is 93.3 cm³/mol. The Labute approximate surface area is 136 Å². The minimum absolute atomic E-state index is 0.0950. The van der Waals surface area contributed by atoms with E-state index in [0.29, 0.717) is 12.3 Å². The molecule has 3 heteroatoms. The number of anilines is 2. The van der Waals surface area contributed by atoms with E-state index in [1.807, 2.05) is 30.3 Å². The van der Waals surface area contributed by atoms with Crippen molar-refractivity contribution in [2.24, 2.45) is 5.92 Å². The van der Waals surface area contributed by atoms with Crippen LogP contribution in [0.15, 0.2) is 65.9 Å². The Kier molecular flexibility index (Phi) is 3.41. The highest BCUT2D eigenvalue weighted by Crippen LogP contribution is 2.41. The minimum Gasteiger partial charge on any atom is -0.372 e. The highest BCUT2D eigenvalue weighted by molar-refractivity contribution is 6.00. The van der Waals surface area contributed by atoms with Crippen LogP contribution >= 0.6 is 0 Å². The van der Waals surface area contributed by atoms with E-state index in [4.69, 9.17) is 0 Å². The molecule has 0 saturated heterocycles. The molecule has 116 valence electrons. The van der Waals surface area contributed by atoms with Crippen LogP contribution in [0, 0.1) is 5.92 Å². The number of Topliss-reactive ketones (excluding diaryl/α,β-unsaturated/α-hetero) is 1. The van der Waals surface area contributed by atoms with Gasteiger partial charge in [0.15, 0.2) is 5.78 Å². The highest BCUT2D eigenvalue weighted by Gasteiger charge is 2.33. The fourth-order valence-electron chi connectivity index (χ4n) is 3.58. The van der Waals surface area contributed by atoms with Gasteiger partial charge in [0.2, 0.25) is 0 Å². The first-order valence-electron chi connectivity index (χ1n) is 8.16. The third-order valence-corrected chi connectivity index (χ3v) is 4.65. The van der Waals surface area contributed by atoms with Gasteiger partial charge in [-0.15, -0.1) is 0 Å². The molecule has 1 aliphatic heterocycles. The van der Waals surface area contributed by atoms with E-state index in [0.717, 1.165) is 34.6 Å². The van der Waals surface area contributed by atoms with Crippen molar-refractivity contribution in [2.45, 2.75) is 25.8 Å². The molecule has 2 aliphatic rings. The van der Waals surface area contributed by atoms with Crippen LogP contribution in [0.25, 0.3) is 0 Å². The molecule has 0 saturated carbocycles. The van der Waals surface area contributed by atoms with Gasteiger partial charge in [0.25, 0.3) is 0 Å². The number of hydrogen-bond acceptors (Lipinski definition) is 3. The second-order valence-electron chi connectivity index (χ2n) is 6.49. The molecule has 3 nitrogen and oxygen atoms in total. The normalized spacial score (nSPS) is 23.3. The van der Waals surface area contributed by atoms with E-state index in [1.165, 1.54) is 0 Å². The molecular formula is C20H20N2O. The van der Waals surface area contributed by atoms with Crippen LogP contribution in [0.1, 0.15) is 31.4 Å². The Morgan fingerprint density at radius 3 is 2.39 bits per heavy atom. The SMILES string of the molecule is C[C@H]1CC(=O)C2=C(C1)Nc1ccccc1N[C@@H]2c1ccccc1. The molecule has 2 N–H and O–H groups in total. The quantitative estimate of drug-likeness (QED) is 0.814. The summed E-state index contributed by atoms with van der Waals surface area (Å²) in [5, 5.41) is 7.10. The van der Waals surface area contributed by atoms with Crippen molar-refractivity contribution in [3.05, 3.63) is 71.4 Å². The molecule has 1 heterocycles. The number of ketones is 1. The molecule has 4 rings (SSSR count). The number of hydrogen-bond donors (Lipinski definition) is 2. The van der Waals surface area contributed by atoms with Crippen molar-refractivity contribution in [2.75, 3.05) is 10.6 Å². The third-order valence-electron chi connectivity index (χ3n) is 4.65. The van der Waals surface area contributed by atoms with Gasteiger partial charge in [0, 0.05) is 17.7 Å². The maximum atomic E-state index is 12.8. The smallest absolute Gasteiger partial charge is 0.163 e. The third kappa shape index (κ3) is 2.52. The number of carbonyl (C=O) groups excluding carboxylic acids is 1. The summed E-state index contributed by atoms with van der Waals surface area (Å²) in [7, 11) is 0. The van der Waals surface area contributed by atoms with Crippen LogP contribution in [0.4, 0.5) is 11.4 Å². The molecule has 0 amide bonds. The summed E-state index contributed by atoms with van der Waals surface area (Å²) in [4.78, 5) is 12.8. The summed E-state index contributed by atoms with van der Waals surface area (Å²) in [5.41, 5.74) is 5.17. The number of fused-ring (bicyclic) bond motifs is 1. The number of carbonyl (C=O) groups is 1. The monoisotopic (exact) mass is 304 g/mol. The lowest BCUT2D eigenvalue weighted by Crippen LogP contribution is -2.26. The Morgan fingerprint density at radius 1 is 0.913 bits per heavy atom. The largest absolute Gasteiger partial charge is 0.372 e. The lowest BCUT2D eigenvalue weighted by atomic mass is 9.82. The number of rotatable bonds is 1. The van der Waals surface area contributed by atoms with Gasteiger partial charge in [0.1, 0.15) is 0 Å². The lowest BCUT2D eigenvalue weighted by molar-refractivity contribution is -0.117. The maximum absolute atomic E-state index is 12.8. The summed E-state index contributed by atoms with van der Waals surface area (Å²) in [6, 6.07) is 18.3. The van der Waals surface area contributed by atoms with Gasteiger partial charge in [0.05, 0.1) is 17.4 Å². The molecule has 23 heavy (non-hydrogen) atoms. The van der Waals surface area contributed by atoms with Crippen LogP contribution < -0.4 is 10.6 Å². The van der Waals surface area contributed by atoms with E-state index in [9.17, 15) is 4.79 Å². The Balaban J connectivity index is 1.88. The van der Waals surface area contributed by atoms with Crippen LogP contribution in [0.2, 0.25) is 0 Å². The summed E-state index contributed by atoms with van der Waals surface area (Å²) >= 11 is 0. The summed E-state index contributed by atoms with van der Waals surface area (Å²) < 4.78 is 0.